The fourth-order valence-corrected chi connectivity index (χ4v) is 4.81. The van der Waals surface area contributed by atoms with Crippen LogP contribution in [-0.2, 0) is 4.79 Å². The molecular weight excluding hydrogens is 405 g/mol. The van der Waals surface area contributed by atoms with Gasteiger partial charge in [-0.15, -0.1) is 23.5 Å². The van der Waals surface area contributed by atoms with Gasteiger partial charge in [0.15, 0.2) is 0 Å². The summed E-state index contributed by atoms with van der Waals surface area (Å²) in [5.41, 5.74) is 5.63. The van der Waals surface area contributed by atoms with E-state index in [0.29, 0.717) is 17.1 Å². The van der Waals surface area contributed by atoms with Crippen molar-refractivity contribution >= 4 is 41.0 Å². The SMILES string of the molecule is NC(=O)c1ccc(SCC(=O)N[C@@H]2CCSc3c(F)cccc32)c([N+](=O)[O-])c1. The number of benzene rings is 2. The topological polar surface area (TPSA) is 115 Å². The molecule has 0 saturated carbocycles. The number of nitro benzene ring substituents is 1. The second kappa shape index (κ2) is 8.61. The van der Waals surface area contributed by atoms with Gasteiger partial charge in [0.25, 0.3) is 5.69 Å². The highest BCUT2D eigenvalue weighted by atomic mass is 32.2. The van der Waals surface area contributed by atoms with E-state index in [-0.39, 0.29) is 39.7 Å². The third kappa shape index (κ3) is 4.45. The second-order valence-corrected chi connectivity index (χ2v) is 8.13. The largest absolute Gasteiger partial charge is 0.366 e. The number of fused-ring (bicyclic) bond motifs is 1. The maximum absolute atomic E-state index is 13.9. The number of nitrogens with one attached hydrogen (secondary N) is 1. The predicted molar refractivity (Wildman–Crippen MR) is 105 cm³/mol. The highest BCUT2D eigenvalue weighted by Gasteiger charge is 2.25. The Bertz CT molecular complexity index is 954. The van der Waals surface area contributed by atoms with Crippen molar-refractivity contribution in [2.75, 3.05) is 11.5 Å². The van der Waals surface area contributed by atoms with Gasteiger partial charge >= 0.3 is 0 Å². The van der Waals surface area contributed by atoms with Gasteiger partial charge in [-0.3, -0.25) is 19.7 Å². The van der Waals surface area contributed by atoms with E-state index in [9.17, 15) is 24.1 Å². The third-order valence-corrected chi connectivity index (χ3v) is 6.38. The highest BCUT2D eigenvalue weighted by molar-refractivity contribution is 8.00. The Labute approximate surface area is 168 Å². The number of nitrogens with zero attached hydrogens (tertiary/aromatic N) is 1. The van der Waals surface area contributed by atoms with Crippen molar-refractivity contribution in [2.45, 2.75) is 22.3 Å². The number of nitrogens with two attached hydrogens (primary N) is 1. The average Bonchev–Trinajstić information content (AvgIpc) is 2.67. The van der Waals surface area contributed by atoms with E-state index in [2.05, 4.69) is 5.32 Å². The molecule has 3 N–H and O–H groups in total. The Morgan fingerprint density at radius 3 is 2.86 bits per heavy atom. The van der Waals surface area contributed by atoms with E-state index in [4.69, 9.17) is 5.73 Å². The summed E-state index contributed by atoms with van der Waals surface area (Å²) in [6.45, 7) is 0. The lowest BCUT2D eigenvalue weighted by atomic mass is 10.0. The molecular formula is C18H16FN3O4S2. The van der Waals surface area contributed by atoms with Crippen LogP contribution in [0.15, 0.2) is 46.2 Å². The molecule has 0 aliphatic carbocycles. The molecule has 1 heterocycles. The van der Waals surface area contributed by atoms with Crippen LogP contribution in [0.3, 0.4) is 0 Å². The fourth-order valence-electron chi connectivity index (χ4n) is 2.85. The van der Waals surface area contributed by atoms with Crippen molar-refractivity contribution < 1.29 is 18.9 Å². The van der Waals surface area contributed by atoms with Crippen LogP contribution in [0.5, 0.6) is 0 Å². The van der Waals surface area contributed by atoms with Crippen LogP contribution >= 0.6 is 23.5 Å². The summed E-state index contributed by atoms with van der Waals surface area (Å²) in [6.07, 6.45) is 0.672. The number of hydrogen-bond acceptors (Lipinski definition) is 6. The van der Waals surface area contributed by atoms with Crippen molar-refractivity contribution in [3.8, 4) is 0 Å². The van der Waals surface area contributed by atoms with Crippen LogP contribution in [0.2, 0.25) is 0 Å². The Morgan fingerprint density at radius 1 is 1.36 bits per heavy atom. The first-order valence-corrected chi connectivity index (χ1v) is 10.3. The van der Waals surface area contributed by atoms with Crippen LogP contribution in [0.25, 0.3) is 0 Å². The van der Waals surface area contributed by atoms with Crippen LogP contribution in [0.1, 0.15) is 28.4 Å². The summed E-state index contributed by atoms with van der Waals surface area (Å²) in [4.78, 5) is 35.0. The van der Waals surface area contributed by atoms with E-state index in [1.54, 1.807) is 12.1 Å². The molecule has 0 unspecified atom stereocenters. The molecule has 1 atom stereocenters. The molecule has 1 aliphatic rings. The summed E-state index contributed by atoms with van der Waals surface area (Å²) in [7, 11) is 0. The molecule has 1 aliphatic heterocycles. The maximum atomic E-state index is 13.9. The molecule has 0 spiro atoms. The zero-order valence-electron chi connectivity index (χ0n) is 14.5. The number of carbonyl (C=O) groups is 2. The first kappa shape index (κ1) is 20.2. The number of halogens is 1. The monoisotopic (exact) mass is 421 g/mol. The van der Waals surface area contributed by atoms with Crippen molar-refractivity contribution in [3.05, 3.63) is 63.5 Å². The van der Waals surface area contributed by atoms with E-state index in [1.807, 2.05) is 0 Å². The van der Waals surface area contributed by atoms with Gasteiger partial charge in [0.2, 0.25) is 11.8 Å². The third-order valence-electron chi connectivity index (χ3n) is 4.16. The number of primary amides is 1. The van der Waals surface area contributed by atoms with Gasteiger partial charge in [0.05, 0.1) is 21.6 Å². The van der Waals surface area contributed by atoms with Gasteiger partial charge in [-0.2, -0.15) is 0 Å². The van der Waals surface area contributed by atoms with Gasteiger partial charge in [0, 0.05) is 22.3 Å². The predicted octanol–water partition coefficient (Wildman–Crippen LogP) is 3.28. The van der Waals surface area contributed by atoms with Gasteiger partial charge in [-0.25, -0.2) is 4.39 Å². The molecule has 3 rings (SSSR count). The Kier molecular flexibility index (Phi) is 6.20. The molecule has 0 fully saturated rings. The van der Waals surface area contributed by atoms with Crippen molar-refractivity contribution in [3.63, 3.8) is 0 Å². The van der Waals surface area contributed by atoms with Crippen molar-refractivity contribution in [1.82, 2.24) is 5.32 Å². The van der Waals surface area contributed by atoms with E-state index < -0.39 is 10.8 Å². The minimum Gasteiger partial charge on any atom is -0.366 e. The molecule has 0 aromatic heterocycles. The van der Waals surface area contributed by atoms with Gasteiger partial charge in [-0.1, -0.05) is 12.1 Å². The smallest absolute Gasteiger partial charge is 0.283 e. The molecule has 7 nitrogen and oxygen atoms in total. The average molecular weight is 421 g/mol. The lowest BCUT2D eigenvalue weighted by Crippen LogP contribution is -2.32. The highest BCUT2D eigenvalue weighted by Crippen LogP contribution is 2.38. The molecule has 2 aromatic rings. The summed E-state index contributed by atoms with van der Waals surface area (Å²) in [6, 6.07) is 8.37. The number of carbonyl (C=O) groups excluding carboxylic acids is 2. The van der Waals surface area contributed by atoms with Crippen molar-refractivity contribution in [1.29, 1.82) is 0 Å². The number of hydrogen-bond donors (Lipinski definition) is 2. The first-order valence-electron chi connectivity index (χ1n) is 8.28. The number of rotatable bonds is 6. The lowest BCUT2D eigenvalue weighted by Gasteiger charge is -2.26. The van der Waals surface area contributed by atoms with Gasteiger partial charge in [0.1, 0.15) is 5.82 Å². The quantitative estimate of drug-likeness (QED) is 0.420. The van der Waals surface area contributed by atoms with Crippen LogP contribution < -0.4 is 11.1 Å². The second-order valence-electron chi connectivity index (χ2n) is 6.01. The van der Waals surface area contributed by atoms with Gasteiger partial charge < -0.3 is 11.1 Å². The zero-order chi connectivity index (χ0) is 20.3. The number of amides is 2. The molecule has 2 amide bonds. The molecule has 28 heavy (non-hydrogen) atoms. The summed E-state index contributed by atoms with van der Waals surface area (Å²) < 4.78 is 13.9. The summed E-state index contributed by atoms with van der Waals surface area (Å²) in [5, 5.41) is 14.1. The minimum atomic E-state index is -0.765. The molecule has 0 bridgehead atoms. The standard InChI is InChI=1S/C18H16FN3O4S2/c19-12-3-1-2-11-13(6-7-27-17(11)12)21-16(23)9-28-15-5-4-10(18(20)24)8-14(15)22(25)26/h1-5,8,13H,6-7,9H2,(H2,20,24)(H,21,23)/t13-/m1/s1. The first-order chi connectivity index (χ1) is 13.4. The van der Waals surface area contributed by atoms with Crippen LogP contribution in [0.4, 0.5) is 10.1 Å². The molecule has 10 heteroatoms. The molecule has 0 radical (unpaired) electrons. The van der Waals surface area contributed by atoms with E-state index >= 15 is 0 Å². The normalized spacial score (nSPS) is 15.5. The lowest BCUT2D eigenvalue weighted by molar-refractivity contribution is -0.387. The van der Waals surface area contributed by atoms with Crippen LogP contribution in [0, 0.1) is 15.9 Å². The Morgan fingerprint density at radius 2 is 2.14 bits per heavy atom. The van der Waals surface area contributed by atoms with Crippen molar-refractivity contribution in [2.24, 2.45) is 5.73 Å². The Balaban J connectivity index is 1.68. The molecule has 0 saturated heterocycles. The fraction of sp³-hybridized carbons (Fsp3) is 0.222. The maximum Gasteiger partial charge on any atom is 0.283 e. The number of nitro groups is 1. The number of thioether (sulfide) groups is 2. The summed E-state index contributed by atoms with van der Waals surface area (Å²) >= 11 is 2.41. The molecule has 146 valence electrons. The van der Waals surface area contributed by atoms with Gasteiger partial charge in [-0.05, 0) is 30.2 Å². The summed E-state index contributed by atoms with van der Waals surface area (Å²) in [5.74, 6) is -0.748. The van der Waals surface area contributed by atoms with E-state index in [0.717, 1.165) is 23.4 Å². The van der Waals surface area contributed by atoms with Crippen LogP contribution in [-0.4, -0.2) is 28.2 Å². The Hall–Kier alpha value is -2.59. The molecule has 2 aromatic carbocycles. The minimum absolute atomic E-state index is 0.0267. The van der Waals surface area contributed by atoms with E-state index in [1.165, 1.54) is 30.0 Å². The zero-order valence-corrected chi connectivity index (χ0v) is 16.1.